The summed E-state index contributed by atoms with van der Waals surface area (Å²) in [5.41, 5.74) is 2.19. The van der Waals surface area contributed by atoms with Gasteiger partial charge in [0.1, 0.15) is 0 Å². The van der Waals surface area contributed by atoms with E-state index in [0.717, 1.165) is 30.6 Å². The third kappa shape index (κ3) is 2.49. The third-order valence-corrected chi connectivity index (χ3v) is 3.22. The number of carbonyl (C=O) groups excluding carboxylic acids is 1. The van der Waals surface area contributed by atoms with Crippen molar-refractivity contribution >= 4 is 5.91 Å². The number of amides is 1. The van der Waals surface area contributed by atoms with Gasteiger partial charge in [-0.2, -0.15) is 20.5 Å². The molecule has 1 amide bonds. The highest BCUT2D eigenvalue weighted by Gasteiger charge is 2.31. The van der Waals surface area contributed by atoms with Crippen molar-refractivity contribution in [2.45, 2.75) is 38.8 Å². The van der Waals surface area contributed by atoms with E-state index >= 15 is 0 Å². The second kappa shape index (κ2) is 4.83. The van der Waals surface area contributed by atoms with Gasteiger partial charge in [-0.15, -0.1) is 0 Å². The standard InChI is InChI=1S/C12H16N6O/c1-2-18-7-8(6-14-18)5-13-12(19)11-10(9-3-4-9)15-17-16-11/h6-7,9H,2-5H2,1H3,(H,13,19)(H,15,16,17). The van der Waals surface area contributed by atoms with E-state index in [0.29, 0.717) is 18.2 Å². The quantitative estimate of drug-likeness (QED) is 0.833. The molecule has 2 N–H and O–H groups in total. The fraction of sp³-hybridized carbons (Fsp3) is 0.500. The van der Waals surface area contributed by atoms with Gasteiger partial charge in [0.15, 0.2) is 5.69 Å². The second-order valence-electron chi connectivity index (χ2n) is 4.72. The Morgan fingerprint density at radius 1 is 1.53 bits per heavy atom. The lowest BCUT2D eigenvalue weighted by Crippen LogP contribution is -2.24. The molecule has 1 saturated carbocycles. The number of hydrogen-bond donors (Lipinski definition) is 2. The minimum Gasteiger partial charge on any atom is -0.346 e. The molecule has 2 heterocycles. The molecule has 1 aliphatic rings. The molecule has 19 heavy (non-hydrogen) atoms. The number of aromatic amines is 1. The highest BCUT2D eigenvalue weighted by molar-refractivity contribution is 5.93. The Kier molecular flexibility index (Phi) is 3.02. The Morgan fingerprint density at radius 3 is 3.05 bits per heavy atom. The minimum absolute atomic E-state index is 0.181. The normalized spacial score (nSPS) is 14.6. The number of rotatable bonds is 5. The van der Waals surface area contributed by atoms with Crippen LogP contribution in [0.25, 0.3) is 0 Å². The van der Waals surface area contributed by atoms with E-state index in [1.165, 1.54) is 0 Å². The van der Waals surface area contributed by atoms with Crippen LogP contribution in [0.2, 0.25) is 0 Å². The van der Waals surface area contributed by atoms with Gasteiger partial charge in [-0.3, -0.25) is 9.48 Å². The molecular weight excluding hydrogens is 244 g/mol. The van der Waals surface area contributed by atoms with Gasteiger partial charge in [0.25, 0.3) is 5.91 Å². The van der Waals surface area contributed by atoms with Crippen molar-refractivity contribution in [2.75, 3.05) is 0 Å². The molecule has 0 atom stereocenters. The van der Waals surface area contributed by atoms with Crippen molar-refractivity contribution in [1.29, 1.82) is 0 Å². The van der Waals surface area contributed by atoms with E-state index in [9.17, 15) is 4.79 Å². The van der Waals surface area contributed by atoms with Crippen LogP contribution in [0.4, 0.5) is 0 Å². The van der Waals surface area contributed by atoms with Crippen LogP contribution in [-0.2, 0) is 13.1 Å². The number of hydrogen-bond acceptors (Lipinski definition) is 4. The van der Waals surface area contributed by atoms with E-state index in [1.54, 1.807) is 6.20 Å². The summed E-state index contributed by atoms with van der Waals surface area (Å²) in [5.74, 6) is 0.224. The molecule has 3 rings (SSSR count). The largest absolute Gasteiger partial charge is 0.346 e. The van der Waals surface area contributed by atoms with Crippen LogP contribution >= 0.6 is 0 Å². The first-order valence-electron chi connectivity index (χ1n) is 6.48. The number of aryl methyl sites for hydroxylation is 1. The fourth-order valence-corrected chi connectivity index (χ4v) is 1.98. The number of carbonyl (C=O) groups is 1. The summed E-state index contributed by atoms with van der Waals surface area (Å²) in [6.07, 6.45) is 5.87. The zero-order valence-electron chi connectivity index (χ0n) is 10.8. The van der Waals surface area contributed by atoms with E-state index in [-0.39, 0.29) is 5.91 Å². The molecule has 0 aromatic carbocycles. The highest BCUT2D eigenvalue weighted by Crippen LogP contribution is 2.39. The van der Waals surface area contributed by atoms with Gasteiger partial charge in [0.2, 0.25) is 0 Å². The van der Waals surface area contributed by atoms with Crippen LogP contribution < -0.4 is 5.32 Å². The van der Waals surface area contributed by atoms with Crippen LogP contribution in [-0.4, -0.2) is 31.1 Å². The molecule has 0 spiro atoms. The van der Waals surface area contributed by atoms with Gasteiger partial charge in [-0.1, -0.05) is 0 Å². The summed E-state index contributed by atoms with van der Waals surface area (Å²) in [7, 11) is 0. The number of nitrogens with one attached hydrogen (secondary N) is 2. The number of H-pyrrole nitrogens is 1. The van der Waals surface area contributed by atoms with Crippen LogP contribution in [0.5, 0.6) is 0 Å². The first-order chi connectivity index (χ1) is 9.28. The zero-order chi connectivity index (χ0) is 13.2. The van der Waals surface area contributed by atoms with E-state index in [4.69, 9.17) is 0 Å². The molecule has 1 aliphatic carbocycles. The third-order valence-electron chi connectivity index (χ3n) is 3.22. The number of nitrogens with zero attached hydrogens (tertiary/aromatic N) is 4. The smallest absolute Gasteiger partial charge is 0.274 e. The molecule has 0 saturated heterocycles. The molecule has 7 heteroatoms. The van der Waals surface area contributed by atoms with Gasteiger partial charge in [-0.25, -0.2) is 0 Å². The van der Waals surface area contributed by atoms with Gasteiger partial charge < -0.3 is 5.32 Å². The van der Waals surface area contributed by atoms with Gasteiger partial charge in [0, 0.05) is 30.8 Å². The molecule has 7 nitrogen and oxygen atoms in total. The van der Waals surface area contributed by atoms with Gasteiger partial charge in [-0.05, 0) is 19.8 Å². The average molecular weight is 260 g/mol. The Morgan fingerprint density at radius 2 is 2.37 bits per heavy atom. The molecule has 2 aromatic rings. The predicted octanol–water partition coefficient (Wildman–Crippen LogP) is 0.828. The number of aromatic nitrogens is 5. The fourth-order valence-electron chi connectivity index (χ4n) is 1.98. The monoisotopic (exact) mass is 260 g/mol. The maximum Gasteiger partial charge on any atom is 0.274 e. The van der Waals surface area contributed by atoms with Crippen molar-refractivity contribution in [3.63, 3.8) is 0 Å². The first-order valence-corrected chi connectivity index (χ1v) is 6.48. The van der Waals surface area contributed by atoms with Crippen molar-refractivity contribution in [3.05, 3.63) is 29.3 Å². The van der Waals surface area contributed by atoms with Crippen molar-refractivity contribution in [3.8, 4) is 0 Å². The molecule has 1 fully saturated rings. The zero-order valence-corrected chi connectivity index (χ0v) is 10.8. The lowest BCUT2D eigenvalue weighted by molar-refractivity contribution is 0.0945. The summed E-state index contributed by atoms with van der Waals surface area (Å²) < 4.78 is 1.83. The SMILES string of the molecule is CCn1cc(CNC(=O)c2n[nH]nc2C2CC2)cn1. The van der Waals surface area contributed by atoms with Crippen LogP contribution in [0.3, 0.4) is 0 Å². The molecule has 2 aromatic heterocycles. The molecule has 0 bridgehead atoms. The molecular formula is C12H16N6O. The Hall–Kier alpha value is -2.18. The van der Waals surface area contributed by atoms with Crippen molar-refractivity contribution in [1.82, 2.24) is 30.5 Å². The maximum absolute atomic E-state index is 12.0. The average Bonchev–Trinajstić information content (AvgIpc) is 2.99. The first kappa shape index (κ1) is 11.9. The summed E-state index contributed by atoms with van der Waals surface area (Å²) in [6, 6.07) is 0. The highest BCUT2D eigenvalue weighted by atomic mass is 16.2. The lowest BCUT2D eigenvalue weighted by Gasteiger charge is -2.01. The lowest BCUT2D eigenvalue weighted by atomic mass is 10.2. The molecule has 0 aliphatic heterocycles. The van der Waals surface area contributed by atoms with Crippen LogP contribution in [0.15, 0.2) is 12.4 Å². The predicted molar refractivity (Wildman–Crippen MR) is 67.4 cm³/mol. The Labute approximate surface area is 110 Å². The molecule has 0 unspecified atom stereocenters. The van der Waals surface area contributed by atoms with Crippen molar-refractivity contribution < 1.29 is 4.79 Å². The topological polar surface area (TPSA) is 88.5 Å². The van der Waals surface area contributed by atoms with E-state index < -0.39 is 0 Å². The Bertz CT molecular complexity index is 583. The summed E-state index contributed by atoms with van der Waals surface area (Å²) in [6.45, 7) is 3.30. The summed E-state index contributed by atoms with van der Waals surface area (Å²) >= 11 is 0. The van der Waals surface area contributed by atoms with Crippen LogP contribution in [0, 0.1) is 0 Å². The maximum atomic E-state index is 12.0. The Balaban J connectivity index is 1.63. The second-order valence-corrected chi connectivity index (χ2v) is 4.72. The summed E-state index contributed by atoms with van der Waals surface area (Å²) in [5, 5.41) is 17.5. The van der Waals surface area contributed by atoms with E-state index in [1.807, 2.05) is 17.8 Å². The van der Waals surface area contributed by atoms with Crippen LogP contribution in [0.1, 0.15) is 47.4 Å². The summed E-state index contributed by atoms with van der Waals surface area (Å²) in [4.78, 5) is 12.0. The molecule has 100 valence electrons. The van der Waals surface area contributed by atoms with Gasteiger partial charge in [0.05, 0.1) is 11.9 Å². The van der Waals surface area contributed by atoms with Crippen molar-refractivity contribution in [2.24, 2.45) is 0 Å². The van der Waals surface area contributed by atoms with E-state index in [2.05, 4.69) is 25.8 Å². The van der Waals surface area contributed by atoms with Gasteiger partial charge >= 0.3 is 0 Å². The molecule has 0 radical (unpaired) electrons. The minimum atomic E-state index is -0.181.